The molecule has 90 heavy (non-hydrogen) atoms. The second-order valence-electron chi connectivity index (χ2n) is 26.7. The van der Waals surface area contributed by atoms with Gasteiger partial charge < -0.3 is 18.9 Å². The van der Waals surface area contributed by atoms with Crippen LogP contribution in [0.25, 0.3) is 0 Å². The Hall–Kier alpha value is -3.07. The van der Waals surface area contributed by atoms with E-state index in [1.165, 1.54) is 212 Å². The van der Waals surface area contributed by atoms with Crippen LogP contribution in [-0.4, -0.2) is 74.9 Å². The van der Waals surface area contributed by atoms with Crippen LogP contribution < -0.4 is 0 Å². The van der Waals surface area contributed by atoms with Gasteiger partial charge in [0.05, 0.1) is 27.7 Å². The minimum absolute atomic E-state index is 0.0257. The highest BCUT2D eigenvalue weighted by molar-refractivity contribution is 7.47. The Labute approximate surface area is 557 Å². The summed E-state index contributed by atoms with van der Waals surface area (Å²) in [5.41, 5.74) is 0. The maximum Gasteiger partial charge on any atom is 0.472 e. The predicted octanol–water partition coefficient (Wildman–Crippen LogP) is 25.1. The van der Waals surface area contributed by atoms with Crippen molar-refractivity contribution in [3.63, 3.8) is 0 Å². The number of phosphoric ester groups is 1. The van der Waals surface area contributed by atoms with Crippen molar-refractivity contribution in [2.75, 3.05) is 47.5 Å². The summed E-state index contributed by atoms with van der Waals surface area (Å²) < 4.78 is 34.7. The van der Waals surface area contributed by atoms with Gasteiger partial charge in [0.15, 0.2) is 6.10 Å². The van der Waals surface area contributed by atoms with E-state index in [2.05, 4.69) is 111 Å². The quantitative estimate of drug-likeness (QED) is 0.0211. The Bertz CT molecular complexity index is 1840. The van der Waals surface area contributed by atoms with Gasteiger partial charge in [0, 0.05) is 12.8 Å². The van der Waals surface area contributed by atoms with E-state index in [4.69, 9.17) is 18.5 Å². The third-order valence-corrected chi connectivity index (χ3v) is 17.6. The second kappa shape index (κ2) is 70.3. The SMILES string of the molecule is CC/C=C\C/C=C\C/C=C\C/C=C\C/C=C\C/C=C\CCCCCCCCC(=O)OC(COC(=O)CCCCCCCCCCCCCCCCCCCCCCCCCCCCCCC/C=C\C/C=C\CCCCCCC)COP(=O)(O)OCC[N+](C)(C)C. The summed E-state index contributed by atoms with van der Waals surface area (Å²) in [4.78, 5) is 35.9. The molecular formula is C80H145NO8P+. The highest BCUT2D eigenvalue weighted by Gasteiger charge is 2.27. The minimum atomic E-state index is -4.40. The lowest BCUT2D eigenvalue weighted by atomic mass is 10.0. The summed E-state index contributed by atoms with van der Waals surface area (Å²) in [6, 6.07) is 0. The van der Waals surface area contributed by atoms with E-state index in [-0.39, 0.29) is 32.0 Å². The van der Waals surface area contributed by atoms with Crippen molar-refractivity contribution in [2.45, 2.75) is 354 Å². The number of rotatable bonds is 70. The second-order valence-corrected chi connectivity index (χ2v) is 28.1. The van der Waals surface area contributed by atoms with E-state index < -0.39 is 26.5 Å². The van der Waals surface area contributed by atoms with Gasteiger partial charge >= 0.3 is 19.8 Å². The molecule has 0 aromatic rings. The highest BCUT2D eigenvalue weighted by Crippen LogP contribution is 2.43. The van der Waals surface area contributed by atoms with Crippen LogP contribution in [0.1, 0.15) is 348 Å². The standard InChI is InChI=1S/C80H144NO8P/c1-6-8-10-12-14-16-18-20-22-24-26-28-30-32-33-34-35-36-37-38-39-40-41-42-43-44-45-46-47-49-50-52-54-56-58-60-62-64-66-68-70-72-79(82)86-76-78(77-88-90(84,85)87-75-74-81(3,4)5)89-80(83)73-71-69-67-65-63-61-59-57-55-53-51-48-31-29-27-25-23-21-19-17-15-13-11-9-7-2/h9,11,15,17-18,20-21,23-24,26-27,29,48,51,55,57,78H,6-8,10,12-14,16,19,22,25,28,30-47,49-50,52-54,56,58-77H2,1-5H3/p+1/b11-9-,17-15-,20-18-,23-21-,26-24-,29-27-,51-48-,57-55-. The number of carbonyl (C=O) groups excluding carboxylic acids is 2. The molecule has 0 aliphatic carbocycles. The van der Waals surface area contributed by atoms with Crippen LogP contribution in [0.2, 0.25) is 0 Å². The number of hydrogen-bond donors (Lipinski definition) is 1. The molecule has 2 atom stereocenters. The molecule has 0 radical (unpaired) electrons. The first-order valence-electron chi connectivity index (χ1n) is 38.0. The molecule has 0 aliphatic heterocycles. The van der Waals surface area contributed by atoms with Gasteiger partial charge in [-0.15, -0.1) is 0 Å². The number of ether oxygens (including phenoxy) is 2. The Balaban J connectivity index is 3.93. The number of quaternary nitrogens is 1. The molecule has 0 spiro atoms. The number of hydrogen-bond acceptors (Lipinski definition) is 7. The molecule has 0 heterocycles. The number of unbranched alkanes of at least 4 members (excludes halogenated alkanes) is 40. The lowest BCUT2D eigenvalue weighted by molar-refractivity contribution is -0.870. The number of carbonyl (C=O) groups is 2. The van der Waals surface area contributed by atoms with Gasteiger partial charge in [0.1, 0.15) is 19.8 Å². The Morgan fingerprint density at radius 1 is 0.356 bits per heavy atom. The highest BCUT2D eigenvalue weighted by atomic mass is 31.2. The first-order chi connectivity index (χ1) is 44.0. The van der Waals surface area contributed by atoms with Crippen molar-refractivity contribution >= 4 is 19.8 Å². The molecule has 0 aliphatic rings. The largest absolute Gasteiger partial charge is 0.472 e. The monoisotopic (exact) mass is 1280 g/mol. The molecule has 0 bridgehead atoms. The number of phosphoric acid groups is 1. The summed E-state index contributed by atoms with van der Waals surface area (Å²) in [7, 11) is 1.47. The molecule has 0 aromatic carbocycles. The third-order valence-electron chi connectivity index (χ3n) is 16.6. The van der Waals surface area contributed by atoms with Crippen molar-refractivity contribution in [1.82, 2.24) is 0 Å². The molecule has 0 aromatic heterocycles. The minimum Gasteiger partial charge on any atom is -0.462 e. The van der Waals surface area contributed by atoms with Crippen LogP contribution in [0.4, 0.5) is 0 Å². The summed E-state index contributed by atoms with van der Waals surface area (Å²) in [6.45, 7) is 4.32. The zero-order valence-corrected chi connectivity index (χ0v) is 60.5. The van der Waals surface area contributed by atoms with Gasteiger partial charge in [-0.3, -0.25) is 18.6 Å². The van der Waals surface area contributed by atoms with Crippen LogP contribution in [0.3, 0.4) is 0 Å². The van der Waals surface area contributed by atoms with Crippen LogP contribution in [0.5, 0.6) is 0 Å². The molecular weight excluding hydrogens is 1130 g/mol. The van der Waals surface area contributed by atoms with Crippen LogP contribution >= 0.6 is 7.82 Å². The van der Waals surface area contributed by atoms with Gasteiger partial charge in [-0.2, -0.15) is 0 Å². The average Bonchev–Trinajstić information content (AvgIpc) is 3.58. The third kappa shape index (κ3) is 74.0. The summed E-state index contributed by atoms with van der Waals surface area (Å²) in [6.07, 6.45) is 98.4. The van der Waals surface area contributed by atoms with Crippen molar-refractivity contribution in [2.24, 2.45) is 0 Å². The maximum atomic E-state index is 12.9. The Morgan fingerprint density at radius 3 is 0.944 bits per heavy atom. The van der Waals surface area contributed by atoms with Crippen LogP contribution in [0, 0.1) is 0 Å². The first-order valence-corrected chi connectivity index (χ1v) is 39.5. The molecule has 0 fully saturated rings. The lowest BCUT2D eigenvalue weighted by Crippen LogP contribution is -2.37. The summed E-state index contributed by atoms with van der Waals surface area (Å²) in [5.74, 6) is -0.805. The van der Waals surface area contributed by atoms with E-state index >= 15 is 0 Å². The van der Waals surface area contributed by atoms with Gasteiger partial charge in [-0.05, 0) is 96.3 Å². The maximum absolute atomic E-state index is 12.9. The predicted molar refractivity (Wildman–Crippen MR) is 390 cm³/mol. The fraction of sp³-hybridized carbons (Fsp3) is 0.775. The molecule has 0 rings (SSSR count). The van der Waals surface area contributed by atoms with E-state index in [0.717, 1.165) is 103 Å². The normalized spacial score (nSPS) is 13.6. The molecule has 0 amide bonds. The van der Waals surface area contributed by atoms with Gasteiger partial charge in [0.25, 0.3) is 0 Å². The zero-order chi connectivity index (χ0) is 65.5. The van der Waals surface area contributed by atoms with Crippen molar-refractivity contribution in [3.8, 4) is 0 Å². The van der Waals surface area contributed by atoms with Crippen molar-refractivity contribution < 1.29 is 42.1 Å². The van der Waals surface area contributed by atoms with E-state index in [0.29, 0.717) is 17.4 Å². The fourth-order valence-corrected chi connectivity index (χ4v) is 11.6. The van der Waals surface area contributed by atoms with Gasteiger partial charge in [-0.1, -0.05) is 336 Å². The Kier molecular flexibility index (Phi) is 67.9. The van der Waals surface area contributed by atoms with Crippen LogP contribution in [0.15, 0.2) is 97.2 Å². The fourth-order valence-electron chi connectivity index (χ4n) is 10.8. The average molecular weight is 1280 g/mol. The number of likely N-dealkylation sites (N-methyl/N-ethyl adjacent to an activating group) is 1. The van der Waals surface area contributed by atoms with Crippen LogP contribution in [-0.2, 0) is 32.7 Å². The number of esters is 2. The van der Waals surface area contributed by atoms with E-state index in [9.17, 15) is 19.0 Å². The smallest absolute Gasteiger partial charge is 0.462 e. The molecule has 1 N–H and O–H groups in total. The Morgan fingerprint density at radius 2 is 0.633 bits per heavy atom. The molecule has 522 valence electrons. The van der Waals surface area contributed by atoms with Gasteiger partial charge in [0.2, 0.25) is 0 Å². The lowest BCUT2D eigenvalue weighted by Gasteiger charge is -2.24. The van der Waals surface area contributed by atoms with Gasteiger partial charge in [-0.25, -0.2) is 4.57 Å². The topological polar surface area (TPSA) is 108 Å². The number of allylic oxidation sites excluding steroid dienone is 16. The molecule has 0 saturated heterocycles. The van der Waals surface area contributed by atoms with Crippen molar-refractivity contribution in [1.29, 1.82) is 0 Å². The molecule has 9 nitrogen and oxygen atoms in total. The van der Waals surface area contributed by atoms with Crippen molar-refractivity contribution in [3.05, 3.63) is 97.2 Å². The summed E-state index contributed by atoms with van der Waals surface area (Å²) >= 11 is 0. The van der Waals surface area contributed by atoms with E-state index in [1.807, 2.05) is 21.1 Å². The number of nitrogens with zero attached hydrogens (tertiary/aromatic N) is 1. The summed E-state index contributed by atoms with van der Waals surface area (Å²) in [5, 5.41) is 0. The molecule has 2 unspecified atom stereocenters. The zero-order valence-electron chi connectivity index (χ0n) is 59.6. The first kappa shape index (κ1) is 86.9. The van der Waals surface area contributed by atoms with E-state index in [1.54, 1.807) is 0 Å². The molecule has 0 saturated carbocycles. The molecule has 10 heteroatoms.